The summed E-state index contributed by atoms with van der Waals surface area (Å²) >= 11 is 0. The van der Waals surface area contributed by atoms with Gasteiger partial charge in [0.2, 0.25) is 11.8 Å². The molecule has 148 valence electrons. The predicted octanol–water partition coefficient (Wildman–Crippen LogP) is 3.21. The van der Waals surface area contributed by atoms with Crippen LogP contribution in [0, 0.1) is 28.1 Å². The summed E-state index contributed by atoms with van der Waals surface area (Å²) < 4.78 is 0. The van der Waals surface area contributed by atoms with Gasteiger partial charge in [0, 0.05) is 25.9 Å². The van der Waals surface area contributed by atoms with Gasteiger partial charge >= 0.3 is 0 Å². The Morgan fingerprint density at radius 1 is 0.724 bits per heavy atom. The van der Waals surface area contributed by atoms with E-state index in [2.05, 4.69) is 10.6 Å². The van der Waals surface area contributed by atoms with E-state index in [1.807, 2.05) is 72.8 Å². The average Bonchev–Trinajstić information content (AvgIpc) is 2.77. The van der Waals surface area contributed by atoms with E-state index >= 15 is 0 Å². The number of benzene rings is 2. The van der Waals surface area contributed by atoms with Gasteiger partial charge in [0.25, 0.3) is 0 Å². The highest BCUT2D eigenvalue weighted by Crippen LogP contribution is 2.31. The lowest BCUT2D eigenvalue weighted by atomic mass is 9.77. The Balaban J connectivity index is 2.19. The smallest absolute Gasteiger partial charge is 0.236 e. The van der Waals surface area contributed by atoms with Gasteiger partial charge in [-0.1, -0.05) is 60.7 Å². The highest BCUT2D eigenvalue weighted by molar-refractivity contribution is 6.05. The molecule has 0 saturated heterocycles. The summed E-state index contributed by atoms with van der Waals surface area (Å²) in [6.45, 7) is 0.541. The first-order chi connectivity index (χ1) is 14.1. The first-order valence-electron chi connectivity index (χ1n) is 9.51. The van der Waals surface area contributed by atoms with E-state index in [4.69, 9.17) is 10.5 Å². The van der Waals surface area contributed by atoms with Crippen LogP contribution in [0.3, 0.4) is 0 Å². The minimum Gasteiger partial charge on any atom is -0.351 e. The second kappa shape index (κ2) is 11.3. The number of nitriles is 2. The summed E-state index contributed by atoms with van der Waals surface area (Å²) in [5.41, 5.74) is 0.342. The van der Waals surface area contributed by atoms with E-state index in [0.717, 1.165) is 11.1 Å². The second-order valence-corrected chi connectivity index (χ2v) is 6.73. The summed E-state index contributed by atoms with van der Waals surface area (Å²) in [4.78, 5) is 26.2. The molecule has 0 bridgehead atoms. The topological polar surface area (TPSA) is 106 Å². The predicted molar refractivity (Wildman–Crippen MR) is 109 cm³/mol. The molecule has 2 N–H and O–H groups in total. The van der Waals surface area contributed by atoms with Crippen LogP contribution in [0.15, 0.2) is 60.7 Å². The van der Waals surface area contributed by atoms with Crippen LogP contribution in [0.25, 0.3) is 0 Å². The van der Waals surface area contributed by atoms with Crippen molar-refractivity contribution in [1.29, 1.82) is 10.5 Å². The van der Waals surface area contributed by atoms with Gasteiger partial charge < -0.3 is 10.6 Å². The molecule has 0 unspecified atom stereocenters. The molecule has 0 heterocycles. The summed E-state index contributed by atoms with van der Waals surface area (Å²) in [5.74, 6) is -0.921. The van der Waals surface area contributed by atoms with E-state index in [9.17, 15) is 9.59 Å². The molecule has 2 amide bonds. The standard InChI is InChI=1S/C23H24N4O2/c24-15-7-13-23(14-8-16-25,21(28)26-17-19-9-3-1-4-10-19)22(29)27-18-20-11-5-2-6-12-20/h1-6,9-12H,7-8,13-14,17-18H2,(H,26,28)(H,27,29). The van der Waals surface area contributed by atoms with E-state index in [0.29, 0.717) is 0 Å². The Hall–Kier alpha value is -3.64. The third-order valence-electron chi connectivity index (χ3n) is 4.79. The maximum absolute atomic E-state index is 13.1. The third-order valence-corrected chi connectivity index (χ3v) is 4.79. The number of nitrogens with one attached hydrogen (secondary N) is 2. The van der Waals surface area contributed by atoms with Crippen molar-refractivity contribution in [2.24, 2.45) is 5.41 Å². The van der Waals surface area contributed by atoms with Gasteiger partial charge in [-0.15, -0.1) is 0 Å². The lowest BCUT2D eigenvalue weighted by molar-refractivity contribution is -0.145. The second-order valence-electron chi connectivity index (χ2n) is 6.73. The highest BCUT2D eigenvalue weighted by Gasteiger charge is 2.44. The number of hydrogen-bond acceptors (Lipinski definition) is 4. The van der Waals surface area contributed by atoms with Crippen LogP contribution in [0.2, 0.25) is 0 Å². The molecule has 0 spiro atoms. The molecule has 0 saturated carbocycles. The van der Waals surface area contributed by atoms with Crippen molar-refractivity contribution < 1.29 is 9.59 Å². The molecule has 2 aromatic rings. The SMILES string of the molecule is N#CCCC(CCC#N)(C(=O)NCc1ccccc1)C(=O)NCc1ccccc1. The van der Waals surface area contributed by atoms with Gasteiger partial charge in [-0.3, -0.25) is 9.59 Å². The minimum atomic E-state index is -1.46. The van der Waals surface area contributed by atoms with E-state index in [-0.39, 0.29) is 38.8 Å². The molecule has 0 aliphatic rings. The first kappa shape index (κ1) is 21.7. The Morgan fingerprint density at radius 3 is 1.45 bits per heavy atom. The van der Waals surface area contributed by atoms with Crippen LogP contribution < -0.4 is 10.6 Å². The Kier molecular flexibility index (Phi) is 8.41. The van der Waals surface area contributed by atoms with Crippen molar-refractivity contribution in [3.05, 3.63) is 71.8 Å². The molecule has 0 atom stereocenters. The Bertz CT molecular complexity index is 807. The van der Waals surface area contributed by atoms with Crippen LogP contribution in [0.1, 0.15) is 36.8 Å². The molecule has 0 radical (unpaired) electrons. The molecule has 0 aromatic heterocycles. The molecule has 29 heavy (non-hydrogen) atoms. The number of nitrogens with zero attached hydrogens (tertiary/aromatic N) is 2. The zero-order valence-electron chi connectivity index (χ0n) is 16.2. The van der Waals surface area contributed by atoms with Crippen LogP contribution in [0.4, 0.5) is 0 Å². The number of carbonyl (C=O) groups excluding carboxylic acids is 2. The molecular weight excluding hydrogens is 364 g/mol. The maximum atomic E-state index is 13.1. The lowest BCUT2D eigenvalue weighted by Gasteiger charge is -2.30. The Morgan fingerprint density at radius 2 is 1.10 bits per heavy atom. The largest absolute Gasteiger partial charge is 0.351 e. The first-order valence-corrected chi connectivity index (χ1v) is 9.51. The van der Waals surface area contributed by atoms with Gasteiger partial charge in [0.1, 0.15) is 5.41 Å². The fraction of sp³-hybridized carbons (Fsp3) is 0.304. The number of rotatable bonds is 10. The molecule has 2 aromatic carbocycles. The number of amides is 2. The summed E-state index contributed by atoms with van der Waals surface area (Å²) in [6.07, 6.45) is 0.213. The van der Waals surface area contributed by atoms with Gasteiger partial charge in [-0.25, -0.2) is 0 Å². The quantitative estimate of drug-likeness (QED) is 0.610. The fourth-order valence-corrected chi connectivity index (χ4v) is 3.12. The van der Waals surface area contributed by atoms with Crippen molar-refractivity contribution in [1.82, 2.24) is 10.6 Å². The molecule has 2 rings (SSSR count). The minimum absolute atomic E-state index is 0.0446. The third kappa shape index (κ3) is 6.19. The molecule has 6 heteroatoms. The van der Waals surface area contributed by atoms with Gasteiger partial charge in [0.05, 0.1) is 12.1 Å². The van der Waals surface area contributed by atoms with Crippen LogP contribution >= 0.6 is 0 Å². The van der Waals surface area contributed by atoms with Crippen molar-refractivity contribution >= 4 is 11.8 Å². The van der Waals surface area contributed by atoms with E-state index in [1.165, 1.54) is 0 Å². The molecule has 0 fully saturated rings. The van der Waals surface area contributed by atoms with E-state index < -0.39 is 17.2 Å². The van der Waals surface area contributed by atoms with Crippen LogP contribution in [0.5, 0.6) is 0 Å². The van der Waals surface area contributed by atoms with Gasteiger partial charge in [0.15, 0.2) is 0 Å². The lowest BCUT2D eigenvalue weighted by Crippen LogP contribution is -2.51. The van der Waals surface area contributed by atoms with Crippen molar-refractivity contribution in [3.8, 4) is 12.1 Å². The summed E-state index contributed by atoms with van der Waals surface area (Å²) in [7, 11) is 0. The van der Waals surface area contributed by atoms with Gasteiger partial charge in [-0.05, 0) is 24.0 Å². The van der Waals surface area contributed by atoms with Crippen molar-refractivity contribution in [2.45, 2.75) is 38.8 Å². The van der Waals surface area contributed by atoms with Gasteiger partial charge in [-0.2, -0.15) is 10.5 Å². The monoisotopic (exact) mass is 388 g/mol. The molecule has 6 nitrogen and oxygen atoms in total. The number of hydrogen-bond donors (Lipinski definition) is 2. The number of carbonyl (C=O) groups is 2. The normalized spacial score (nSPS) is 10.4. The van der Waals surface area contributed by atoms with Crippen molar-refractivity contribution in [2.75, 3.05) is 0 Å². The summed E-state index contributed by atoms with van der Waals surface area (Å²) in [6, 6.07) is 22.8. The van der Waals surface area contributed by atoms with Crippen LogP contribution in [-0.2, 0) is 22.7 Å². The fourth-order valence-electron chi connectivity index (χ4n) is 3.12. The molecule has 0 aliphatic carbocycles. The zero-order valence-corrected chi connectivity index (χ0v) is 16.2. The summed E-state index contributed by atoms with van der Waals surface area (Å²) in [5, 5.41) is 23.7. The zero-order chi connectivity index (χ0) is 21.0. The van der Waals surface area contributed by atoms with E-state index in [1.54, 1.807) is 0 Å². The maximum Gasteiger partial charge on any atom is 0.236 e. The molecule has 0 aliphatic heterocycles. The Labute approximate surface area is 171 Å². The van der Waals surface area contributed by atoms with Crippen LogP contribution in [-0.4, -0.2) is 11.8 Å². The molecular formula is C23H24N4O2. The average molecular weight is 388 g/mol. The van der Waals surface area contributed by atoms with Crippen molar-refractivity contribution in [3.63, 3.8) is 0 Å². The highest BCUT2D eigenvalue weighted by atomic mass is 16.2.